The number of aliphatic hydroxyl groups is 2. The van der Waals surface area contributed by atoms with E-state index in [9.17, 15) is 19.8 Å². The lowest BCUT2D eigenvalue weighted by atomic mass is 10.0. The third-order valence-electron chi connectivity index (χ3n) is 15.3. The summed E-state index contributed by atoms with van der Waals surface area (Å²) >= 11 is 0. The number of carbonyl (C=O) groups is 2. The predicted molar refractivity (Wildman–Crippen MR) is 310 cm³/mol. The molecule has 6 heteroatoms. The quantitative estimate of drug-likeness (QED) is 0.0320. The largest absolute Gasteiger partial charge is 0.466 e. The van der Waals surface area contributed by atoms with Crippen LogP contribution in [0.25, 0.3) is 0 Å². The number of esters is 1. The van der Waals surface area contributed by atoms with Crippen molar-refractivity contribution >= 4 is 11.9 Å². The van der Waals surface area contributed by atoms with Crippen molar-refractivity contribution in [3.63, 3.8) is 0 Å². The van der Waals surface area contributed by atoms with Crippen molar-refractivity contribution in [1.29, 1.82) is 0 Å². The summed E-state index contributed by atoms with van der Waals surface area (Å²) < 4.78 is 5.48. The van der Waals surface area contributed by atoms with Gasteiger partial charge in [0.15, 0.2) is 0 Å². The molecule has 0 aliphatic carbocycles. The number of rotatable bonds is 61. The third kappa shape index (κ3) is 57.7. The molecule has 2 unspecified atom stereocenters. The van der Waals surface area contributed by atoms with Gasteiger partial charge in [0.25, 0.3) is 0 Å². The van der Waals surface area contributed by atoms with E-state index in [0.717, 1.165) is 70.6 Å². The number of nitrogens with one attached hydrogen (secondary N) is 1. The molecule has 6 nitrogen and oxygen atoms in total. The molecule has 0 spiro atoms. The van der Waals surface area contributed by atoms with E-state index in [1.165, 1.54) is 263 Å². The lowest BCUT2D eigenvalue weighted by Crippen LogP contribution is -2.45. The van der Waals surface area contributed by atoms with Gasteiger partial charge in [0.2, 0.25) is 5.91 Å². The van der Waals surface area contributed by atoms with Crippen LogP contribution in [-0.4, -0.2) is 47.4 Å². The Labute approximate surface area is 444 Å². The summed E-state index contributed by atoms with van der Waals surface area (Å²) in [4.78, 5) is 24.6. The Hall–Kier alpha value is -1.40. The van der Waals surface area contributed by atoms with E-state index >= 15 is 0 Å². The van der Waals surface area contributed by atoms with Gasteiger partial charge in [-0.25, -0.2) is 0 Å². The Bertz CT molecular complexity index is 1060. The van der Waals surface area contributed by atoms with E-state index in [4.69, 9.17) is 4.74 Å². The summed E-state index contributed by atoms with van der Waals surface area (Å²) in [6.45, 7) is 4.96. The number of allylic oxidation sites excluding steroid dienone is 2. The summed E-state index contributed by atoms with van der Waals surface area (Å²) in [5.41, 5.74) is 0. The second-order valence-corrected chi connectivity index (χ2v) is 22.5. The highest BCUT2D eigenvalue weighted by atomic mass is 16.5. The van der Waals surface area contributed by atoms with Crippen molar-refractivity contribution in [2.24, 2.45) is 0 Å². The molecule has 0 aliphatic heterocycles. The molecule has 0 aliphatic rings. The molecule has 0 rings (SSSR count). The first kappa shape index (κ1) is 69.6. The summed E-state index contributed by atoms with van der Waals surface area (Å²) in [5, 5.41) is 23.4. The monoisotopic (exact) mass is 1000 g/mol. The van der Waals surface area contributed by atoms with E-state index in [1.807, 2.05) is 0 Å². The zero-order chi connectivity index (χ0) is 51.4. The molecular weight excluding hydrogens is 875 g/mol. The first-order chi connectivity index (χ1) is 35.0. The van der Waals surface area contributed by atoms with Crippen LogP contribution in [0, 0.1) is 0 Å². The van der Waals surface area contributed by atoms with Gasteiger partial charge < -0.3 is 20.3 Å². The second-order valence-electron chi connectivity index (χ2n) is 22.5. The van der Waals surface area contributed by atoms with E-state index in [1.54, 1.807) is 0 Å². The zero-order valence-electron chi connectivity index (χ0n) is 48.2. The van der Waals surface area contributed by atoms with E-state index in [0.29, 0.717) is 25.9 Å². The molecule has 0 heterocycles. The number of aliphatic hydroxyl groups excluding tert-OH is 2. The Balaban J connectivity index is 3.44. The average molecular weight is 1000 g/mol. The van der Waals surface area contributed by atoms with Crippen LogP contribution in [0.2, 0.25) is 0 Å². The van der Waals surface area contributed by atoms with Crippen LogP contribution in [-0.2, 0) is 14.3 Å². The van der Waals surface area contributed by atoms with Crippen molar-refractivity contribution in [2.45, 2.75) is 379 Å². The molecule has 2 atom stereocenters. The molecule has 0 aromatic heterocycles. The molecular formula is C65H127NO5. The number of hydrogen-bond donors (Lipinski definition) is 3. The first-order valence-corrected chi connectivity index (χ1v) is 32.4. The van der Waals surface area contributed by atoms with Crippen molar-refractivity contribution < 1.29 is 24.5 Å². The number of amides is 1. The van der Waals surface area contributed by atoms with Gasteiger partial charge in [0.05, 0.1) is 25.4 Å². The maximum Gasteiger partial charge on any atom is 0.305 e. The molecule has 3 N–H and O–H groups in total. The van der Waals surface area contributed by atoms with Crippen molar-refractivity contribution in [2.75, 3.05) is 13.2 Å². The topological polar surface area (TPSA) is 95.9 Å². The fourth-order valence-electron chi connectivity index (χ4n) is 10.3. The van der Waals surface area contributed by atoms with Crippen molar-refractivity contribution in [3.05, 3.63) is 12.2 Å². The number of carbonyl (C=O) groups excluding carboxylic acids is 2. The van der Waals surface area contributed by atoms with E-state index < -0.39 is 12.1 Å². The molecule has 0 saturated carbocycles. The highest BCUT2D eigenvalue weighted by molar-refractivity contribution is 5.76. The summed E-state index contributed by atoms with van der Waals surface area (Å²) in [7, 11) is 0. The smallest absolute Gasteiger partial charge is 0.305 e. The fourth-order valence-corrected chi connectivity index (χ4v) is 10.3. The SMILES string of the molecule is CCCCCCCCCCCCCCCCCCCCCCCCCC(O)C(CO)NC(=O)CCCCCCCCC/C=C\CCCCCCOC(=O)CCCCCCCCCCCCCCCCCC. The standard InChI is InChI=1S/C65H127NO5/c1-3-5-7-9-11-13-15-17-19-21-22-23-24-25-26-27-29-33-37-41-45-49-53-57-63(68)62(61-67)66-64(69)58-54-50-46-42-38-34-30-28-32-36-40-44-48-52-56-60-71-65(70)59-55-51-47-43-39-35-31-20-18-16-14-12-10-8-6-4-2/h32,36,62-63,67-68H,3-31,33-35,37-61H2,1-2H3,(H,66,69)/b36-32-. The number of hydrogen-bond acceptors (Lipinski definition) is 5. The van der Waals surface area contributed by atoms with Gasteiger partial charge in [-0.3, -0.25) is 9.59 Å². The second kappa shape index (κ2) is 61.1. The molecule has 0 aromatic carbocycles. The van der Waals surface area contributed by atoms with Gasteiger partial charge in [0.1, 0.15) is 0 Å². The van der Waals surface area contributed by atoms with Crippen molar-refractivity contribution in [1.82, 2.24) is 5.32 Å². The highest BCUT2D eigenvalue weighted by Gasteiger charge is 2.20. The van der Waals surface area contributed by atoms with Crippen LogP contribution in [0.4, 0.5) is 0 Å². The van der Waals surface area contributed by atoms with Crippen molar-refractivity contribution in [3.8, 4) is 0 Å². The molecule has 0 saturated heterocycles. The lowest BCUT2D eigenvalue weighted by molar-refractivity contribution is -0.143. The van der Waals surface area contributed by atoms with Gasteiger partial charge in [0, 0.05) is 12.8 Å². The fraction of sp³-hybridized carbons (Fsp3) is 0.938. The van der Waals surface area contributed by atoms with Gasteiger partial charge >= 0.3 is 5.97 Å². The molecule has 0 fully saturated rings. The van der Waals surface area contributed by atoms with Crippen LogP contribution in [0.1, 0.15) is 367 Å². The van der Waals surface area contributed by atoms with E-state index in [2.05, 4.69) is 31.3 Å². The lowest BCUT2D eigenvalue weighted by Gasteiger charge is -2.22. The highest BCUT2D eigenvalue weighted by Crippen LogP contribution is 2.18. The Morgan fingerprint density at radius 2 is 0.662 bits per heavy atom. The molecule has 0 bridgehead atoms. The molecule has 0 radical (unpaired) electrons. The number of ether oxygens (including phenoxy) is 1. The van der Waals surface area contributed by atoms with Crippen LogP contribution in [0.15, 0.2) is 12.2 Å². The Kier molecular flexibility index (Phi) is 59.9. The van der Waals surface area contributed by atoms with Crippen LogP contribution in [0.3, 0.4) is 0 Å². The van der Waals surface area contributed by atoms with Crippen LogP contribution < -0.4 is 5.32 Å². The van der Waals surface area contributed by atoms with Gasteiger partial charge in [-0.2, -0.15) is 0 Å². The van der Waals surface area contributed by atoms with Gasteiger partial charge in [-0.05, 0) is 51.4 Å². The zero-order valence-corrected chi connectivity index (χ0v) is 48.2. The van der Waals surface area contributed by atoms with Gasteiger partial charge in [-0.1, -0.05) is 315 Å². The predicted octanol–water partition coefficient (Wildman–Crippen LogP) is 20.4. The van der Waals surface area contributed by atoms with Crippen LogP contribution >= 0.6 is 0 Å². The summed E-state index contributed by atoms with van der Waals surface area (Å²) in [5.74, 6) is -0.0509. The Morgan fingerprint density at radius 3 is 1.00 bits per heavy atom. The third-order valence-corrected chi connectivity index (χ3v) is 15.3. The molecule has 71 heavy (non-hydrogen) atoms. The minimum atomic E-state index is -0.675. The number of unbranched alkanes of at least 4 members (excludes halogenated alkanes) is 48. The van der Waals surface area contributed by atoms with Gasteiger partial charge in [-0.15, -0.1) is 0 Å². The minimum absolute atomic E-state index is 0.00529. The van der Waals surface area contributed by atoms with E-state index in [-0.39, 0.29) is 18.5 Å². The van der Waals surface area contributed by atoms with Crippen LogP contribution in [0.5, 0.6) is 0 Å². The molecule has 422 valence electrons. The summed E-state index contributed by atoms with van der Waals surface area (Å²) in [6.07, 6.45) is 73.7. The first-order valence-electron chi connectivity index (χ1n) is 32.4. The maximum absolute atomic E-state index is 12.5. The summed E-state index contributed by atoms with van der Waals surface area (Å²) in [6, 6.07) is -0.553. The Morgan fingerprint density at radius 1 is 0.380 bits per heavy atom. The normalized spacial score (nSPS) is 12.6. The molecule has 1 amide bonds. The molecule has 0 aromatic rings. The maximum atomic E-state index is 12.5. The average Bonchev–Trinajstić information content (AvgIpc) is 3.37. The minimum Gasteiger partial charge on any atom is -0.466 e.